The number of ether oxygens (including phenoxy) is 1. The summed E-state index contributed by atoms with van der Waals surface area (Å²) in [7, 11) is 1.57. The number of amides is 1. The van der Waals surface area contributed by atoms with E-state index in [1.54, 1.807) is 7.11 Å². The topological polar surface area (TPSA) is 58.6 Å². The molecule has 0 aliphatic heterocycles. The molecule has 4 nitrogen and oxygen atoms in total. The molecule has 2 N–H and O–H groups in total. The van der Waals surface area contributed by atoms with Gasteiger partial charge in [0.2, 0.25) is 5.91 Å². The van der Waals surface area contributed by atoms with Gasteiger partial charge in [-0.05, 0) is 31.9 Å². The average Bonchev–Trinajstić information content (AvgIpc) is 3.19. The van der Waals surface area contributed by atoms with E-state index >= 15 is 0 Å². The molecule has 1 aliphatic carbocycles. The van der Waals surface area contributed by atoms with Crippen molar-refractivity contribution in [3.05, 3.63) is 29.3 Å². The molecule has 98 valence electrons. The minimum Gasteiger partial charge on any atom is -0.496 e. The van der Waals surface area contributed by atoms with Crippen LogP contribution in [0.1, 0.15) is 30.1 Å². The second-order valence-electron chi connectivity index (χ2n) is 4.78. The first kappa shape index (κ1) is 12.9. The molecule has 1 unspecified atom stereocenters. The van der Waals surface area contributed by atoms with E-state index in [-0.39, 0.29) is 18.4 Å². The highest BCUT2D eigenvalue weighted by atomic mass is 16.5. The van der Waals surface area contributed by atoms with E-state index < -0.39 is 6.10 Å². The van der Waals surface area contributed by atoms with Crippen molar-refractivity contribution in [3.8, 4) is 5.75 Å². The lowest BCUT2D eigenvalue weighted by atomic mass is 10.1. The van der Waals surface area contributed by atoms with Crippen molar-refractivity contribution in [2.45, 2.75) is 25.9 Å². The highest BCUT2D eigenvalue weighted by Gasteiger charge is 2.29. The van der Waals surface area contributed by atoms with Crippen molar-refractivity contribution in [1.29, 1.82) is 0 Å². The number of hydrogen-bond acceptors (Lipinski definition) is 3. The van der Waals surface area contributed by atoms with Crippen LogP contribution in [0.5, 0.6) is 5.75 Å². The van der Waals surface area contributed by atoms with Crippen LogP contribution in [-0.2, 0) is 4.79 Å². The summed E-state index contributed by atoms with van der Waals surface area (Å²) in [6, 6.07) is 5.64. The van der Waals surface area contributed by atoms with Gasteiger partial charge in [-0.1, -0.05) is 11.6 Å². The number of nitrogens with one attached hydrogen (secondary N) is 1. The van der Waals surface area contributed by atoms with Gasteiger partial charge in [0, 0.05) is 18.0 Å². The van der Waals surface area contributed by atoms with Crippen molar-refractivity contribution in [2.24, 2.45) is 5.92 Å². The zero-order valence-electron chi connectivity index (χ0n) is 10.8. The smallest absolute Gasteiger partial charge is 0.223 e. The summed E-state index contributed by atoms with van der Waals surface area (Å²) in [6.07, 6.45) is 1.20. The average molecular weight is 249 g/mol. The van der Waals surface area contributed by atoms with Crippen LogP contribution in [0.15, 0.2) is 18.2 Å². The van der Waals surface area contributed by atoms with Gasteiger partial charge >= 0.3 is 0 Å². The Kier molecular flexibility index (Phi) is 3.87. The number of aliphatic hydroxyl groups is 1. The summed E-state index contributed by atoms with van der Waals surface area (Å²) >= 11 is 0. The lowest BCUT2D eigenvalue weighted by Gasteiger charge is -2.16. The Hall–Kier alpha value is -1.55. The Balaban J connectivity index is 2.00. The van der Waals surface area contributed by atoms with Gasteiger partial charge in [0.1, 0.15) is 5.75 Å². The fourth-order valence-electron chi connectivity index (χ4n) is 1.91. The maximum Gasteiger partial charge on any atom is 0.223 e. The van der Waals surface area contributed by atoms with Crippen LogP contribution >= 0.6 is 0 Å². The van der Waals surface area contributed by atoms with Gasteiger partial charge < -0.3 is 15.2 Å². The molecule has 0 spiro atoms. The van der Waals surface area contributed by atoms with E-state index in [4.69, 9.17) is 4.74 Å². The maximum absolute atomic E-state index is 11.5. The molecule has 0 aromatic heterocycles. The van der Waals surface area contributed by atoms with Gasteiger partial charge in [0.15, 0.2) is 0 Å². The molecule has 2 rings (SSSR count). The van der Waals surface area contributed by atoms with Gasteiger partial charge in [-0.25, -0.2) is 0 Å². The van der Waals surface area contributed by atoms with Gasteiger partial charge in [-0.2, -0.15) is 0 Å². The van der Waals surface area contributed by atoms with Crippen LogP contribution < -0.4 is 10.1 Å². The van der Waals surface area contributed by atoms with Crippen LogP contribution in [0, 0.1) is 12.8 Å². The van der Waals surface area contributed by atoms with Crippen molar-refractivity contribution in [3.63, 3.8) is 0 Å². The monoisotopic (exact) mass is 249 g/mol. The second kappa shape index (κ2) is 5.40. The first-order valence-corrected chi connectivity index (χ1v) is 6.22. The summed E-state index contributed by atoms with van der Waals surface area (Å²) < 4.78 is 5.22. The number of carbonyl (C=O) groups excluding carboxylic acids is 1. The Labute approximate surface area is 107 Å². The van der Waals surface area contributed by atoms with Crippen LogP contribution in [0.4, 0.5) is 0 Å². The summed E-state index contributed by atoms with van der Waals surface area (Å²) in [5.74, 6) is 0.853. The largest absolute Gasteiger partial charge is 0.496 e. The van der Waals surface area contributed by atoms with Gasteiger partial charge in [-0.3, -0.25) is 4.79 Å². The number of hydrogen-bond donors (Lipinski definition) is 2. The third-order valence-electron chi connectivity index (χ3n) is 3.16. The number of carbonyl (C=O) groups is 1. The molecule has 0 bridgehead atoms. The van der Waals surface area contributed by atoms with Crippen LogP contribution in [0.2, 0.25) is 0 Å². The molecular formula is C14H19NO3. The first-order valence-electron chi connectivity index (χ1n) is 6.22. The summed E-state index contributed by atoms with van der Waals surface area (Å²) in [5.41, 5.74) is 1.77. The Morgan fingerprint density at radius 2 is 2.28 bits per heavy atom. The SMILES string of the molecule is COc1ccc(C)cc1C(O)CNC(=O)C1CC1. The van der Waals surface area contributed by atoms with Crippen molar-refractivity contribution in [2.75, 3.05) is 13.7 Å². The summed E-state index contributed by atoms with van der Waals surface area (Å²) in [6.45, 7) is 2.19. The number of methoxy groups -OCH3 is 1. The molecule has 1 aromatic rings. The Morgan fingerprint density at radius 3 is 2.89 bits per heavy atom. The lowest BCUT2D eigenvalue weighted by Crippen LogP contribution is -2.29. The highest BCUT2D eigenvalue weighted by Crippen LogP contribution is 2.29. The number of benzene rings is 1. The third-order valence-corrected chi connectivity index (χ3v) is 3.16. The standard InChI is InChI=1S/C14H19NO3/c1-9-3-6-13(18-2)11(7-9)12(16)8-15-14(17)10-4-5-10/h3,6-7,10,12,16H,4-5,8H2,1-2H3,(H,15,17). The van der Waals surface area contributed by atoms with E-state index in [1.807, 2.05) is 25.1 Å². The second-order valence-corrected chi connectivity index (χ2v) is 4.78. The lowest BCUT2D eigenvalue weighted by molar-refractivity contribution is -0.122. The molecule has 1 aliphatic rings. The molecule has 18 heavy (non-hydrogen) atoms. The molecule has 0 saturated heterocycles. The summed E-state index contributed by atoms with van der Waals surface area (Å²) in [5, 5.41) is 12.9. The van der Waals surface area contributed by atoms with E-state index in [9.17, 15) is 9.90 Å². The molecule has 1 amide bonds. The van der Waals surface area contributed by atoms with Crippen LogP contribution in [0.3, 0.4) is 0 Å². The van der Waals surface area contributed by atoms with E-state index in [1.165, 1.54) is 0 Å². The first-order chi connectivity index (χ1) is 8.61. The molecule has 0 radical (unpaired) electrons. The summed E-state index contributed by atoms with van der Waals surface area (Å²) in [4.78, 5) is 11.5. The van der Waals surface area contributed by atoms with Crippen molar-refractivity contribution < 1.29 is 14.6 Å². The van der Waals surface area contributed by atoms with Gasteiger partial charge in [-0.15, -0.1) is 0 Å². The van der Waals surface area contributed by atoms with Gasteiger partial charge in [0.05, 0.1) is 13.2 Å². The highest BCUT2D eigenvalue weighted by molar-refractivity contribution is 5.80. The van der Waals surface area contributed by atoms with Gasteiger partial charge in [0.25, 0.3) is 0 Å². The molecule has 0 heterocycles. The van der Waals surface area contributed by atoms with E-state index in [0.29, 0.717) is 11.3 Å². The Morgan fingerprint density at radius 1 is 1.56 bits per heavy atom. The van der Waals surface area contributed by atoms with Crippen molar-refractivity contribution in [1.82, 2.24) is 5.32 Å². The number of rotatable bonds is 5. The fraction of sp³-hybridized carbons (Fsp3) is 0.500. The maximum atomic E-state index is 11.5. The predicted octanol–water partition coefficient (Wildman–Crippen LogP) is 1.56. The molecule has 1 saturated carbocycles. The fourth-order valence-corrected chi connectivity index (χ4v) is 1.91. The number of aliphatic hydroxyl groups excluding tert-OH is 1. The minimum absolute atomic E-state index is 0.0423. The molecule has 1 aromatic carbocycles. The number of aryl methyl sites for hydroxylation is 1. The molecular weight excluding hydrogens is 230 g/mol. The minimum atomic E-state index is -0.734. The third kappa shape index (κ3) is 3.01. The molecule has 1 atom stereocenters. The Bertz CT molecular complexity index is 441. The van der Waals surface area contributed by atoms with E-state index in [0.717, 1.165) is 18.4 Å². The zero-order valence-corrected chi connectivity index (χ0v) is 10.8. The zero-order chi connectivity index (χ0) is 13.1. The van der Waals surface area contributed by atoms with Crippen molar-refractivity contribution >= 4 is 5.91 Å². The van der Waals surface area contributed by atoms with Crippen LogP contribution in [-0.4, -0.2) is 24.7 Å². The molecule has 4 heteroatoms. The predicted molar refractivity (Wildman–Crippen MR) is 68.4 cm³/mol. The van der Waals surface area contributed by atoms with Crippen LogP contribution in [0.25, 0.3) is 0 Å². The van der Waals surface area contributed by atoms with E-state index in [2.05, 4.69) is 5.32 Å². The normalized spacial score (nSPS) is 16.2. The molecule has 1 fully saturated rings. The quantitative estimate of drug-likeness (QED) is 0.832.